The van der Waals surface area contributed by atoms with Crippen LogP contribution in [0.25, 0.3) is 0 Å². The van der Waals surface area contributed by atoms with Crippen molar-refractivity contribution < 1.29 is 80.2 Å². The van der Waals surface area contributed by atoms with E-state index in [1.54, 1.807) is 0 Å². The molecule has 0 spiro atoms. The molecule has 0 fully saturated rings. The standard InChI is InChI=1S/C74H144O17P2/c1-8-10-11-12-13-14-19-26-34-41-48-55-71(76)84-62-70(91-74(79)58-51-44-37-30-29-33-40-47-54-67(7)9-2)64-89-93(82,83)87-60-68(75)59-86-92(80,81)88-63-69(90-73(78)57-50-43-36-28-23-18-16-21-25-32-39-46-53-66(5)6)61-85-72(77)56-49-42-35-27-22-17-15-20-24-31-38-45-52-65(3)4/h65-70,75H,8-64H2,1-7H3,(H,80,81)(H,82,83)/t67?,68-,69-,70-/m1/s1. The summed E-state index contributed by atoms with van der Waals surface area (Å²) in [5.74, 6) is 0.208. The molecule has 552 valence electrons. The van der Waals surface area contributed by atoms with Gasteiger partial charge >= 0.3 is 39.5 Å². The lowest BCUT2D eigenvalue weighted by Crippen LogP contribution is -2.30. The number of ether oxygens (including phenoxy) is 4. The number of rotatable bonds is 72. The lowest BCUT2D eigenvalue weighted by molar-refractivity contribution is -0.161. The van der Waals surface area contributed by atoms with Crippen LogP contribution in [0.1, 0.15) is 376 Å². The molecular weight excluding hydrogens is 1220 g/mol. The van der Waals surface area contributed by atoms with E-state index >= 15 is 0 Å². The minimum absolute atomic E-state index is 0.105. The molecule has 3 unspecified atom stereocenters. The summed E-state index contributed by atoms with van der Waals surface area (Å²) >= 11 is 0. The van der Waals surface area contributed by atoms with Crippen LogP contribution in [-0.4, -0.2) is 96.7 Å². The molecule has 0 saturated carbocycles. The molecule has 17 nitrogen and oxygen atoms in total. The zero-order valence-corrected chi connectivity index (χ0v) is 62.5. The van der Waals surface area contributed by atoms with Crippen LogP contribution in [0.2, 0.25) is 0 Å². The van der Waals surface area contributed by atoms with Crippen molar-refractivity contribution in [2.24, 2.45) is 17.8 Å². The molecule has 6 atom stereocenters. The highest BCUT2D eigenvalue weighted by Gasteiger charge is 2.30. The van der Waals surface area contributed by atoms with Gasteiger partial charge in [0.05, 0.1) is 26.4 Å². The van der Waals surface area contributed by atoms with Gasteiger partial charge in [0, 0.05) is 25.7 Å². The van der Waals surface area contributed by atoms with Gasteiger partial charge in [-0.1, -0.05) is 325 Å². The maximum atomic E-state index is 13.1. The molecule has 0 rings (SSSR count). The Hall–Kier alpha value is -1.94. The third-order valence-electron chi connectivity index (χ3n) is 17.5. The first-order valence-corrected chi connectivity index (χ1v) is 41.4. The highest BCUT2D eigenvalue weighted by atomic mass is 31.2. The summed E-state index contributed by atoms with van der Waals surface area (Å²) in [5, 5.41) is 10.6. The predicted molar refractivity (Wildman–Crippen MR) is 377 cm³/mol. The van der Waals surface area contributed by atoms with Gasteiger partial charge in [0.1, 0.15) is 19.3 Å². The zero-order chi connectivity index (χ0) is 68.7. The van der Waals surface area contributed by atoms with E-state index in [-0.39, 0.29) is 25.7 Å². The van der Waals surface area contributed by atoms with Crippen LogP contribution in [0, 0.1) is 17.8 Å². The normalized spacial score (nSPS) is 14.4. The fourth-order valence-electron chi connectivity index (χ4n) is 11.2. The highest BCUT2D eigenvalue weighted by Crippen LogP contribution is 2.45. The van der Waals surface area contributed by atoms with E-state index < -0.39 is 97.5 Å². The van der Waals surface area contributed by atoms with E-state index in [2.05, 4.69) is 48.5 Å². The lowest BCUT2D eigenvalue weighted by atomic mass is 9.99. The van der Waals surface area contributed by atoms with Crippen molar-refractivity contribution >= 4 is 39.5 Å². The Morgan fingerprint density at radius 2 is 0.548 bits per heavy atom. The largest absolute Gasteiger partial charge is 0.472 e. The van der Waals surface area contributed by atoms with Crippen molar-refractivity contribution in [1.29, 1.82) is 0 Å². The maximum Gasteiger partial charge on any atom is 0.472 e. The lowest BCUT2D eigenvalue weighted by Gasteiger charge is -2.21. The molecule has 0 heterocycles. The Balaban J connectivity index is 5.26. The monoisotopic (exact) mass is 1370 g/mol. The summed E-state index contributed by atoms with van der Waals surface area (Å²) in [5.41, 5.74) is 0. The summed E-state index contributed by atoms with van der Waals surface area (Å²) in [7, 11) is -9.91. The molecule has 0 radical (unpaired) electrons. The summed E-state index contributed by atoms with van der Waals surface area (Å²) in [4.78, 5) is 72.7. The minimum atomic E-state index is -4.96. The van der Waals surface area contributed by atoms with Gasteiger partial charge in [0.15, 0.2) is 12.2 Å². The number of aliphatic hydroxyl groups excluding tert-OH is 1. The van der Waals surface area contributed by atoms with Crippen LogP contribution < -0.4 is 0 Å². The minimum Gasteiger partial charge on any atom is -0.462 e. The van der Waals surface area contributed by atoms with E-state index in [1.807, 2.05) is 0 Å². The topological polar surface area (TPSA) is 237 Å². The fourth-order valence-corrected chi connectivity index (χ4v) is 12.8. The van der Waals surface area contributed by atoms with Crippen LogP contribution in [0.4, 0.5) is 0 Å². The van der Waals surface area contributed by atoms with E-state index in [4.69, 9.17) is 37.0 Å². The van der Waals surface area contributed by atoms with Crippen LogP contribution >= 0.6 is 15.6 Å². The van der Waals surface area contributed by atoms with Crippen LogP contribution in [0.5, 0.6) is 0 Å². The summed E-state index contributed by atoms with van der Waals surface area (Å²) in [6, 6.07) is 0. The smallest absolute Gasteiger partial charge is 0.462 e. The first-order chi connectivity index (χ1) is 44.8. The number of carbonyl (C=O) groups excluding carboxylic acids is 4. The second-order valence-electron chi connectivity index (χ2n) is 27.9. The Kier molecular flexibility index (Phi) is 63.4. The number of carbonyl (C=O) groups is 4. The average Bonchev–Trinajstić information content (AvgIpc) is 1.59. The summed E-state index contributed by atoms with van der Waals surface area (Å²) in [6.45, 7) is 11.9. The number of phosphoric acid groups is 2. The second kappa shape index (κ2) is 64.7. The van der Waals surface area contributed by atoms with E-state index in [9.17, 15) is 43.2 Å². The van der Waals surface area contributed by atoms with Gasteiger partial charge in [-0.15, -0.1) is 0 Å². The zero-order valence-electron chi connectivity index (χ0n) is 60.7. The number of hydrogen-bond donors (Lipinski definition) is 3. The maximum absolute atomic E-state index is 13.1. The molecule has 0 bridgehead atoms. The number of aliphatic hydroxyl groups is 1. The molecule has 0 aliphatic carbocycles. The number of hydrogen-bond acceptors (Lipinski definition) is 15. The molecule has 0 aromatic rings. The van der Waals surface area contributed by atoms with Crippen molar-refractivity contribution in [3.63, 3.8) is 0 Å². The molecule has 93 heavy (non-hydrogen) atoms. The van der Waals surface area contributed by atoms with Gasteiger partial charge in [-0.25, -0.2) is 9.13 Å². The molecule has 0 aliphatic rings. The van der Waals surface area contributed by atoms with Crippen molar-refractivity contribution in [3.05, 3.63) is 0 Å². The molecular formula is C74H144O17P2. The summed E-state index contributed by atoms with van der Waals surface area (Å²) in [6.07, 6.45) is 49.8. The fraction of sp³-hybridized carbons (Fsp3) is 0.946. The van der Waals surface area contributed by atoms with Crippen LogP contribution in [-0.2, 0) is 65.4 Å². The number of esters is 4. The van der Waals surface area contributed by atoms with Gasteiger partial charge < -0.3 is 33.8 Å². The van der Waals surface area contributed by atoms with Crippen molar-refractivity contribution in [2.45, 2.75) is 394 Å². The Bertz CT molecular complexity index is 1820. The van der Waals surface area contributed by atoms with Crippen molar-refractivity contribution in [2.75, 3.05) is 39.6 Å². The molecule has 0 amide bonds. The quantitative estimate of drug-likeness (QED) is 0.0222. The molecule has 3 N–H and O–H groups in total. The van der Waals surface area contributed by atoms with E-state index in [0.29, 0.717) is 25.7 Å². The average molecular weight is 1370 g/mol. The Labute approximate surface area is 568 Å². The van der Waals surface area contributed by atoms with Gasteiger partial charge in [0.2, 0.25) is 0 Å². The third kappa shape index (κ3) is 67.0. The van der Waals surface area contributed by atoms with Gasteiger partial charge in [-0.2, -0.15) is 0 Å². The molecule has 0 aliphatic heterocycles. The van der Waals surface area contributed by atoms with Crippen molar-refractivity contribution in [3.8, 4) is 0 Å². The van der Waals surface area contributed by atoms with Gasteiger partial charge in [-0.05, 0) is 43.4 Å². The Morgan fingerprint density at radius 3 is 0.817 bits per heavy atom. The third-order valence-corrected chi connectivity index (χ3v) is 19.4. The second-order valence-corrected chi connectivity index (χ2v) is 30.8. The highest BCUT2D eigenvalue weighted by molar-refractivity contribution is 7.47. The van der Waals surface area contributed by atoms with Gasteiger partial charge in [0.25, 0.3) is 0 Å². The number of unbranched alkanes of at least 4 members (excludes halogenated alkanes) is 39. The van der Waals surface area contributed by atoms with Gasteiger partial charge in [-0.3, -0.25) is 37.3 Å². The first-order valence-electron chi connectivity index (χ1n) is 38.4. The Morgan fingerprint density at radius 1 is 0.312 bits per heavy atom. The van der Waals surface area contributed by atoms with Crippen molar-refractivity contribution in [1.82, 2.24) is 0 Å². The summed E-state index contributed by atoms with van der Waals surface area (Å²) < 4.78 is 68.5. The van der Waals surface area contributed by atoms with E-state index in [1.165, 1.54) is 186 Å². The first kappa shape index (κ1) is 91.1. The molecule has 19 heteroatoms. The SMILES string of the molecule is CCCCCCCCCCCCCC(=O)OC[C@H](COP(=O)(O)OC[C@H](O)COP(=O)(O)OC[C@@H](COC(=O)CCCCCCCCCCCCCCC(C)C)OC(=O)CCCCCCCCCCCCCCC(C)C)OC(=O)CCCCCCCCCCC(C)CC. The number of phosphoric ester groups is 2. The van der Waals surface area contributed by atoms with Crippen LogP contribution in [0.3, 0.4) is 0 Å². The molecule has 0 saturated heterocycles. The molecule has 0 aromatic carbocycles. The predicted octanol–water partition coefficient (Wildman–Crippen LogP) is 21.4. The van der Waals surface area contributed by atoms with E-state index in [0.717, 1.165) is 108 Å². The molecule has 0 aromatic heterocycles. The van der Waals surface area contributed by atoms with Crippen LogP contribution in [0.15, 0.2) is 0 Å².